The van der Waals surface area contributed by atoms with Gasteiger partial charge in [-0.3, -0.25) is 0 Å². The monoisotopic (exact) mass is 704 g/mol. The van der Waals surface area contributed by atoms with Crippen LogP contribution in [0.5, 0.6) is 5.75 Å². The first-order chi connectivity index (χ1) is 23.8. The quantitative estimate of drug-likeness (QED) is 0.174. The average Bonchev–Trinajstić information content (AvgIpc) is 3.88. The fourth-order valence-electron chi connectivity index (χ4n) is 6.24. The zero-order valence-electron chi connectivity index (χ0n) is 27.4. The molecule has 0 N–H and O–H groups in total. The van der Waals surface area contributed by atoms with Crippen LogP contribution < -0.4 is 20.2 Å². The minimum absolute atomic E-state index is 0.0645. The highest BCUT2D eigenvalue weighted by atomic mass is 35.5. The number of benzene rings is 3. The van der Waals surface area contributed by atoms with Crippen LogP contribution in [-0.4, -0.2) is 74.6 Å². The van der Waals surface area contributed by atoms with Gasteiger partial charge in [-0.15, -0.1) is 0 Å². The maximum absolute atomic E-state index is 12.8. The van der Waals surface area contributed by atoms with E-state index in [1.807, 2.05) is 44.2 Å². The van der Waals surface area contributed by atoms with E-state index in [1.54, 1.807) is 34.0 Å². The van der Waals surface area contributed by atoms with Crippen molar-refractivity contribution in [1.29, 1.82) is 0 Å². The van der Waals surface area contributed by atoms with Crippen LogP contribution in [-0.2, 0) is 21.8 Å². The lowest BCUT2D eigenvalue weighted by atomic mass is 10.1. The SMILES string of the molecule is CCC(C)n1ncn(-c2ccc(N3CCN(c4ccc(OCC5CO[C@](Cn6cncn6)(c6ccc(Cl)cc6Cl)O5)cc4)CC3)cc2)c1=O. The van der Waals surface area contributed by atoms with Gasteiger partial charge in [0.1, 0.15) is 44.0 Å². The Balaban J connectivity index is 0.925. The number of anilines is 2. The second-order valence-electron chi connectivity index (χ2n) is 12.3. The van der Waals surface area contributed by atoms with Crippen LogP contribution in [0.2, 0.25) is 10.0 Å². The molecule has 0 amide bonds. The van der Waals surface area contributed by atoms with Crippen molar-refractivity contribution in [3.63, 3.8) is 0 Å². The number of hydrogen-bond acceptors (Lipinski definition) is 9. The normalized spacial score (nSPS) is 20.1. The molecule has 0 radical (unpaired) electrons. The van der Waals surface area contributed by atoms with Crippen molar-refractivity contribution in [2.75, 3.05) is 49.2 Å². The van der Waals surface area contributed by atoms with E-state index in [9.17, 15) is 4.79 Å². The van der Waals surface area contributed by atoms with E-state index in [0.29, 0.717) is 28.8 Å². The summed E-state index contributed by atoms with van der Waals surface area (Å²) < 4.78 is 23.7. The smallest absolute Gasteiger partial charge is 0.350 e. The third-order valence-corrected chi connectivity index (χ3v) is 9.70. The van der Waals surface area contributed by atoms with Crippen LogP contribution in [0.1, 0.15) is 31.9 Å². The van der Waals surface area contributed by atoms with Crippen molar-refractivity contribution in [1.82, 2.24) is 29.1 Å². The van der Waals surface area contributed by atoms with Crippen LogP contribution in [0.4, 0.5) is 11.4 Å². The van der Waals surface area contributed by atoms with Crippen LogP contribution in [0.15, 0.2) is 90.5 Å². The van der Waals surface area contributed by atoms with Crippen molar-refractivity contribution in [3.8, 4) is 11.4 Å². The number of hydrogen-bond donors (Lipinski definition) is 0. The van der Waals surface area contributed by atoms with E-state index in [2.05, 4.69) is 49.2 Å². The number of piperazine rings is 1. The Kier molecular flexibility index (Phi) is 9.64. The van der Waals surface area contributed by atoms with Crippen LogP contribution in [0.3, 0.4) is 0 Å². The van der Waals surface area contributed by atoms with Crippen molar-refractivity contribution in [2.24, 2.45) is 0 Å². The van der Waals surface area contributed by atoms with Crippen molar-refractivity contribution in [2.45, 2.75) is 44.7 Å². The second-order valence-corrected chi connectivity index (χ2v) is 13.1. The first-order valence-electron chi connectivity index (χ1n) is 16.4. The Labute approximate surface area is 294 Å². The van der Waals surface area contributed by atoms with Crippen LogP contribution in [0, 0.1) is 0 Å². The van der Waals surface area contributed by atoms with Gasteiger partial charge in [0.2, 0.25) is 5.79 Å². The summed E-state index contributed by atoms with van der Waals surface area (Å²) in [6.07, 6.45) is 5.19. The molecular weight excluding hydrogens is 667 g/mol. The van der Waals surface area contributed by atoms with Gasteiger partial charge in [0.15, 0.2) is 0 Å². The van der Waals surface area contributed by atoms with Gasteiger partial charge < -0.3 is 24.0 Å². The van der Waals surface area contributed by atoms with Gasteiger partial charge in [0, 0.05) is 48.1 Å². The summed E-state index contributed by atoms with van der Waals surface area (Å²) in [5, 5.41) is 9.50. The summed E-state index contributed by atoms with van der Waals surface area (Å²) in [6.45, 7) is 8.48. The molecule has 12 nitrogen and oxygen atoms in total. The Morgan fingerprint density at radius 2 is 1.59 bits per heavy atom. The summed E-state index contributed by atoms with van der Waals surface area (Å²) in [6, 6.07) is 21.6. The fourth-order valence-corrected chi connectivity index (χ4v) is 6.79. The van der Waals surface area contributed by atoms with Gasteiger partial charge in [0.25, 0.3) is 0 Å². The van der Waals surface area contributed by atoms with Gasteiger partial charge in [-0.2, -0.15) is 10.2 Å². The molecule has 0 spiro atoms. The first kappa shape index (κ1) is 33.2. The molecule has 2 unspecified atom stereocenters. The lowest BCUT2D eigenvalue weighted by Crippen LogP contribution is -2.46. The molecule has 2 saturated heterocycles. The first-order valence-corrected chi connectivity index (χ1v) is 17.2. The van der Waals surface area contributed by atoms with Crippen LogP contribution in [0.25, 0.3) is 5.69 Å². The zero-order valence-corrected chi connectivity index (χ0v) is 28.9. The Morgan fingerprint density at radius 3 is 2.22 bits per heavy atom. The van der Waals surface area contributed by atoms with Crippen molar-refractivity contribution < 1.29 is 14.2 Å². The molecule has 256 valence electrons. The minimum Gasteiger partial charge on any atom is -0.491 e. The van der Waals surface area contributed by atoms with Gasteiger partial charge in [-0.1, -0.05) is 36.2 Å². The lowest BCUT2D eigenvalue weighted by molar-refractivity contribution is -0.190. The van der Waals surface area contributed by atoms with E-state index < -0.39 is 5.79 Å². The predicted octanol–water partition coefficient (Wildman–Crippen LogP) is 5.58. The highest BCUT2D eigenvalue weighted by Gasteiger charge is 2.45. The maximum Gasteiger partial charge on any atom is 0.350 e. The average molecular weight is 706 g/mol. The summed E-state index contributed by atoms with van der Waals surface area (Å²) >= 11 is 12.7. The van der Waals surface area contributed by atoms with E-state index in [0.717, 1.165) is 55.4 Å². The molecule has 0 saturated carbocycles. The number of aromatic nitrogens is 6. The molecule has 2 fully saturated rings. The Hall–Kier alpha value is -4.36. The third-order valence-electron chi connectivity index (χ3n) is 9.15. The molecule has 14 heteroatoms. The Bertz CT molecular complexity index is 1910. The molecule has 0 aliphatic carbocycles. The number of nitrogens with zero attached hydrogens (tertiary/aromatic N) is 8. The molecule has 3 aromatic carbocycles. The Morgan fingerprint density at radius 1 is 0.918 bits per heavy atom. The van der Waals surface area contributed by atoms with Crippen molar-refractivity contribution in [3.05, 3.63) is 112 Å². The van der Waals surface area contributed by atoms with Gasteiger partial charge in [-0.25, -0.2) is 23.7 Å². The van der Waals surface area contributed by atoms with E-state index in [-0.39, 0.29) is 24.4 Å². The molecule has 7 rings (SSSR count). The number of rotatable bonds is 11. The van der Waals surface area contributed by atoms with E-state index in [4.69, 9.17) is 37.4 Å². The fraction of sp³-hybridized carbons (Fsp3) is 0.371. The van der Waals surface area contributed by atoms with Gasteiger partial charge >= 0.3 is 5.69 Å². The van der Waals surface area contributed by atoms with Gasteiger partial charge in [0.05, 0.1) is 23.4 Å². The topological polar surface area (TPSA) is 105 Å². The predicted molar refractivity (Wildman–Crippen MR) is 188 cm³/mol. The maximum atomic E-state index is 12.8. The van der Waals surface area contributed by atoms with Crippen molar-refractivity contribution >= 4 is 34.6 Å². The molecule has 3 atom stereocenters. The largest absolute Gasteiger partial charge is 0.491 e. The summed E-state index contributed by atoms with van der Waals surface area (Å²) in [5.41, 5.74) is 3.64. The highest BCUT2D eigenvalue weighted by Crippen LogP contribution is 2.40. The summed E-state index contributed by atoms with van der Waals surface area (Å²) in [5.74, 6) is -0.410. The van der Waals surface area contributed by atoms with E-state index >= 15 is 0 Å². The highest BCUT2D eigenvalue weighted by molar-refractivity contribution is 6.35. The summed E-state index contributed by atoms with van der Waals surface area (Å²) in [4.78, 5) is 21.6. The van der Waals surface area contributed by atoms with Crippen LogP contribution >= 0.6 is 23.2 Å². The molecule has 2 aliphatic heterocycles. The minimum atomic E-state index is -1.16. The molecular formula is C35H38Cl2N8O4. The summed E-state index contributed by atoms with van der Waals surface area (Å²) in [7, 11) is 0. The number of ether oxygens (including phenoxy) is 3. The number of halogens is 2. The van der Waals surface area contributed by atoms with E-state index in [1.165, 1.54) is 11.0 Å². The second kappa shape index (κ2) is 14.2. The third kappa shape index (κ3) is 7.04. The molecule has 5 aromatic rings. The molecule has 2 aliphatic rings. The molecule has 2 aromatic heterocycles. The molecule has 0 bridgehead atoms. The van der Waals surface area contributed by atoms with Gasteiger partial charge in [-0.05, 0) is 74.0 Å². The standard InChI is InChI=1S/C35H38Cl2N8O4/c1-3-25(2)45-34(46)44(24-40-45)29-7-5-27(6-8-29)41-14-16-42(17-15-41)28-9-11-30(12-10-28)47-19-31-20-48-35(49-31,21-43-23-38-22-39-43)32-13-4-26(36)18-33(32)37/h4-13,18,22-25,31H,3,14-17,19-21H2,1-2H3/t25?,31?,35-/m0/s1. The zero-order chi connectivity index (χ0) is 34.0. The lowest BCUT2D eigenvalue weighted by Gasteiger charge is -2.37. The molecule has 49 heavy (non-hydrogen) atoms. The molecule has 4 heterocycles.